The molecule has 25 heavy (non-hydrogen) atoms. The molecule has 0 radical (unpaired) electrons. The molecule has 0 bridgehead atoms. The Bertz CT molecular complexity index is 835. The number of rotatable bonds is 6. The van der Waals surface area contributed by atoms with E-state index in [1.165, 1.54) is 28.8 Å². The molecule has 2 aromatic rings. The van der Waals surface area contributed by atoms with Crippen LogP contribution < -0.4 is 10.9 Å². The van der Waals surface area contributed by atoms with Gasteiger partial charge in [0.25, 0.3) is 11.5 Å². The van der Waals surface area contributed by atoms with Gasteiger partial charge in [0.2, 0.25) is 5.91 Å². The number of carbonyl (C=O) groups is 2. The lowest BCUT2D eigenvalue weighted by atomic mass is 10.3. The van der Waals surface area contributed by atoms with E-state index in [1.807, 2.05) is 19.1 Å². The molecule has 0 aliphatic heterocycles. The van der Waals surface area contributed by atoms with Gasteiger partial charge in [-0.3, -0.25) is 14.4 Å². The summed E-state index contributed by atoms with van der Waals surface area (Å²) in [6.45, 7) is 2.22. The summed E-state index contributed by atoms with van der Waals surface area (Å²) in [6.07, 6.45) is 0.731. The van der Waals surface area contributed by atoms with Gasteiger partial charge in [0, 0.05) is 24.1 Å². The smallest absolute Gasteiger partial charge is 0.274 e. The largest absolute Gasteiger partial charge is 0.331 e. The molecule has 132 valence electrons. The van der Waals surface area contributed by atoms with Gasteiger partial charge in [-0.2, -0.15) is 5.10 Å². The van der Waals surface area contributed by atoms with E-state index in [0.717, 1.165) is 10.9 Å². The van der Waals surface area contributed by atoms with E-state index in [1.54, 1.807) is 12.1 Å². The SMILES string of the molecule is CCCn1nc(C(=O)N(C)CC(=O)Nc2ccccc2Br)ccc1=O. The summed E-state index contributed by atoms with van der Waals surface area (Å²) in [5.41, 5.74) is 0.500. The van der Waals surface area contributed by atoms with Gasteiger partial charge in [0.1, 0.15) is 5.69 Å². The van der Waals surface area contributed by atoms with E-state index in [2.05, 4.69) is 26.3 Å². The van der Waals surface area contributed by atoms with Crippen molar-refractivity contribution in [2.75, 3.05) is 18.9 Å². The molecule has 0 aliphatic rings. The molecule has 0 spiro atoms. The Morgan fingerprint density at radius 1 is 1.24 bits per heavy atom. The number of aryl methyl sites for hydroxylation is 1. The van der Waals surface area contributed by atoms with Crippen molar-refractivity contribution < 1.29 is 9.59 Å². The Hall–Kier alpha value is -2.48. The quantitative estimate of drug-likeness (QED) is 0.795. The van der Waals surface area contributed by atoms with Crippen molar-refractivity contribution in [2.24, 2.45) is 0 Å². The normalized spacial score (nSPS) is 10.4. The van der Waals surface area contributed by atoms with Crippen LogP contribution in [0.2, 0.25) is 0 Å². The summed E-state index contributed by atoms with van der Waals surface area (Å²) in [6, 6.07) is 9.89. The summed E-state index contributed by atoms with van der Waals surface area (Å²) in [7, 11) is 1.51. The van der Waals surface area contributed by atoms with Crippen LogP contribution in [0.5, 0.6) is 0 Å². The van der Waals surface area contributed by atoms with Crippen LogP contribution in [0.1, 0.15) is 23.8 Å². The van der Waals surface area contributed by atoms with Crippen molar-refractivity contribution in [1.29, 1.82) is 0 Å². The maximum absolute atomic E-state index is 12.4. The Morgan fingerprint density at radius 2 is 1.96 bits per heavy atom. The molecular weight excluding hydrogens is 388 g/mol. The third-order valence-electron chi connectivity index (χ3n) is 3.40. The lowest BCUT2D eigenvalue weighted by Crippen LogP contribution is -2.36. The van der Waals surface area contributed by atoms with E-state index in [0.29, 0.717) is 12.2 Å². The van der Waals surface area contributed by atoms with Crippen LogP contribution in [-0.4, -0.2) is 40.1 Å². The van der Waals surface area contributed by atoms with Crippen LogP contribution in [0.15, 0.2) is 45.7 Å². The summed E-state index contributed by atoms with van der Waals surface area (Å²) < 4.78 is 2.01. The molecule has 0 fully saturated rings. The first-order valence-corrected chi connectivity index (χ1v) is 8.59. The highest BCUT2D eigenvalue weighted by molar-refractivity contribution is 9.10. The predicted octanol–water partition coefficient (Wildman–Crippen LogP) is 2.13. The summed E-state index contributed by atoms with van der Waals surface area (Å²) in [5, 5.41) is 6.80. The van der Waals surface area contributed by atoms with Crippen LogP contribution in [0.25, 0.3) is 0 Å². The van der Waals surface area contributed by atoms with Crippen LogP contribution in [0.3, 0.4) is 0 Å². The minimum Gasteiger partial charge on any atom is -0.331 e. The fraction of sp³-hybridized carbons (Fsp3) is 0.294. The molecule has 0 aliphatic carbocycles. The lowest BCUT2D eigenvalue weighted by molar-refractivity contribution is -0.116. The Kier molecular flexibility index (Phi) is 6.46. The number of benzene rings is 1. The summed E-state index contributed by atoms with van der Waals surface area (Å²) in [5.74, 6) is -0.753. The zero-order chi connectivity index (χ0) is 18.4. The average molecular weight is 407 g/mol. The Labute approximate surface area is 153 Å². The van der Waals surface area contributed by atoms with E-state index >= 15 is 0 Å². The van der Waals surface area contributed by atoms with Crippen molar-refractivity contribution in [2.45, 2.75) is 19.9 Å². The standard InChI is InChI=1S/C17H19BrN4O3/c1-3-10-22-16(24)9-8-14(20-22)17(25)21(2)11-15(23)19-13-7-5-4-6-12(13)18/h4-9H,3,10-11H2,1-2H3,(H,19,23). The number of likely N-dealkylation sites (N-methyl/N-ethyl adjacent to an activating group) is 1. The number of para-hydroxylation sites is 1. The second-order valence-electron chi connectivity index (χ2n) is 5.47. The maximum atomic E-state index is 12.4. The molecule has 0 atom stereocenters. The monoisotopic (exact) mass is 406 g/mol. The first kappa shape index (κ1) is 18.9. The van der Waals surface area contributed by atoms with E-state index in [9.17, 15) is 14.4 Å². The van der Waals surface area contributed by atoms with Crippen molar-refractivity contribution in [3.8, 4) is 0 Å². The predicted molar refractivity (Wildman–Crippen MR) is 98.5 cm³/mol. The van der Waals surface area contributed by atoms with Crippen molar-refractivity contribution in [3.63, 3.8) is 0 Å². The van der Waals surface area contributed by atoms with Crippen molar-refractivity contribution in [3.05, 3.63) is 56.9 Å². The highest BCUT2D eigenvalue weighted by atomic mass is 79.9. The molecule has 1 aromatic carbocycles. The van der Waals surface area contributed by atoms with E-state index < -0.39 is 5.91 Å². The highest BCUT2D eigenvalue weighted by Crippen LogP contribution is 2.20. The zero-order valence-electron chi connectivity index (χ0n) is 14.0. The first-order valence-electron chi connectivity index (χ1n) is 7.80. The molecule has 8 heteroatoms. The van der Waals surface area contributed by atoms with Gasteiger partial charge < -0.3 is 10.2 Å². The number of amides is 2. The Balaban J connectivity index is 2.05. The van der Waals surface area contributed by atoms with Crippen LogP contribution in [-0.2, 0) is 11.3 Å². The second-order valence-corrected chi connectivity index (χ2v) is 6.32. The van der Waals surface area contributed by atoms with Crippen LogP contribution in [0, 0.1) is 0 Å². The molecule has 7 nitrogen and oxygen atoms in total. The van der Waals surface area contributed by atoms with Gasteiger partial charge in [0.05, 0.1) is 12.2 Å². The maximum Gasteiger partial charge on any atom is 0.274 e. The molecule has 0 unspecified atom stereocenters. The minimum absolute atomic E-state index is 0.129. The van der Waals surface area contributed by atoms with Crippen molar-refractivity contribution >= 4 is 33.4 Å². The number of nitrogens with one attached hydrogen (secondary N) is 1. The van der Waals surface area contributed by atoms with Crippen LogP contribution in [0.4, 0.5) is 5.69 Å². The van der Waals surface area contributed by atoms with Gasteiger partial charge in [-0.05, 0) is 40.5 Å². The molecule has 1 aromatic heterocycles. The van der Waals surface area contributed by atoms with Gasteiger partial charge in [-0.1, -0.05) is 19.1 Å². The van der Waals surface area contributed by atoms with Crippen LogP contribution >= 0.6 is 15.9 Å². The minimum atomic E-state index is -0.424. The molecule has 2 amide bonds. The molecule has 1 N–H and O–H groups in total. The first-order chi connectivity index (χ1) is 11.9. The van der Waals surface area contributed by atoms with Gasteiger partial charge in [0.15, 0.2) is 0 Å². The topological polar surface area (TPSA) is 84.3 Å². The number of aromatic nitrogens is 2. The lowest BCUT2D eigenvalue weighted by Gasteiger charge is -2.17. The fourth-order valence-electron chi connectivity index (χ4n) is 2.17. The third kappa shape index (κ3) is 4.99. The molecule has 2 rings (SSSR count). The third-order valence-corrected chi connectivity index (χ3v) is 4.09. The fourth-order valence-corrected chi connectivity index (χ4v) is 2.55. The molecule has 0 saturated heterocycles. The van der Waals surface area contributed by atoms with E-state index in [4.69, 9.17) is 0 Å². The Morgan fingerprint density at radius 3 is 2.64 bits per heavy atom. The van der Waals surface area contributed by atoms with Crippen molar-refractivity contribution in [1.82, 2.24) is 14.7 Å². The van der Waals surface area contributed by atoms with Gasteiger partial charge in [-0.15, -0.1) is 0 Å². The average Bonchev–Trinajstić information content (AvgIpc) is 2.58. The number of anilines is 1. The molecule has 1 heterocycles. The highest BCUT2D eigenvalue weighted by Gasteiger charge is 2.17. The van der Waals surface area contributed by atoms with Gasteiger partial charge >= 0.3 is 0 Å². The number of halogens is 1. The van der Waals surface area contributed by atoms with E-state index in [-0.39, 0.29) is 23.7 Å². The number of carbonyl (C=O) groups excluding carboxylic acids is 2. The summed E-state index contributed by atoms with van der Waals surface area (Å²) in [4.78, 5) is 37.5. The zero-order valence-corrected chi connectivity index (χ0v) is 15.6. The second kappa shape index (κ2) is 8.57. The number of hydrogen-bond acceptors (Lipinski definition) is 4. The summed E-state index contributed by atoms with van der Waals surface area (Å²) >= 11 is 3.35. The molecular formula is C17H19BrN4O3. The number of hydrogen-bond donors (Lipinski definition) is 1. The molecule has 0 saturated carbocycles. The number of nitrogens with zero attached hydrogens (tertiary/aromatic N) is 3. The van der Waals surface area contributed by atoms with Gasteiger partial charge in [-0.25, -0.2) is 4.68 Å².